The number of rotatable bonds is 3. The number of allylic oxidation sites excluding steroid dienone is 1. The van der Waals surface area contributed by atoms with Crippen molar-refractivity contribution >= 4 is 56.1 Å². The lowest BCUT2D eigenvalue weighted by molar-refractivity contribution is -0.113. The van der Waals surface area contributed by atoms with Gasteiger partial charge in [0.15, 0.2) is 0 Å². The molecule has 1 atom stereocenters. The van der Waals surface area contributed by atoms with E-state index in [1.54, 1.807) is 24.3 Å². The number of halogens is 2. The summed E-state index contributed by atoms with van der Waals surface area (Å²) >= 11 is 9.56. The molecule has 2 heterocycles. The topological polar surface area (TPSA) is 59.0 Å². The summed E-state index contributed by atoms with van der Waals surface area (Å²) in [6.45, 7) is 1.91. The van der Waals surface area contributed by atoms with Crippen LogP contribution in [0, 0.1) is 0 Å². The highest BCUT2D eigenvalue weighted by Crippen LogP contribution is 2.40. The van der Waals surface area contributed by atoms with Crippen molar-refractivity contribution in [3.05, 3.63) is 99.1 Å². The number of amides is 1. The third-order valence-electron chi connectivity index (χ3n) is 5.34. The summed E-state index contributed by atoms with van der Waals surface area (Å²) in [6.07, 6.45) is 0. The fourth-order valence-electron chi connectivity index (χ4n) is 3.98. The lowest BCUT2D eigenvalue weighted by atomic mass is 9.94. The zero-order valence-corrected chi connectivity index (χ0v) is 18.9. The number of para-hydroxylation sites is 2. The van der Waals surface area contributed by atoms with Gasteiger partial charge in [0, 0.05) is 20.9 Å². The molecular weight excluding hydrogens is 476 g/mol. The average molecular weight is 494 g/mol. The van der Waals surface area contributed by atoms with Crippen molar-refractivity contribution in [2.24, 2.45) is 0 Å². The van der Waals surface area contributed by atoms with Crippen LogP contribution in [0.5, 0.6) is 0 Å². The molecule has 2 N–H and O–H groups in total. The largest absolute Gasteiger partial charge is 0.329 e. The minimum absolute atomic E-state index is 0.180. The second kappa shape index (κ2) is 7.87. The molecule has 1 aliphatic heterocycles. The molecule has 0 unspecified atom stereocenters. The molecule has 0 bridgehead atoms. The molecule has 1 aliphatic rings. The van der Waals surface area contributed by atoms with Crippen LogP contribution in [0.1, 0.15) is 18.5 Å². The second-order valence-electron chi connectivity index (χ2n) is 7.38. The number of nitrogens with one attached hydrogen (secondary N) is 2. The van der Waals surface area contributed by atoms with Crippen molar-refractivity contribution in [3.63, 3.8) is 0 Å². The van der Waals surface area contributed by atoms with Crippen LogP contribution >= 0.6 is 27.5 Å². The van der Waals surface area contributed by atoms with Crippen LogP contribution < -0.4 is 10.6 Å². The minimum Gasteiger partial charge on any atom is -0.329 e. The van der Waals surface area contributed by atoms with E-state index in [9.17, 15) is 4.79 Å². The van der Waals surface area contributed by atoms with Gasteiger partial charge in [-0.15, -0.1) is 0 Å². The third-order valence-corrected chi connectivity index (χ3v) is 6.09. The van der Waals surface area contributed by atoms with Gasteiger partial charge in [0.05, 0.1) is 22.6 Å². The number of nitrogens with zero attached hydrogens (tertiary/aromatic N) is 2. The molecule has 0 aliphatic carbocycles. The molecule has 7 heteroatoms. The molecule has 5 nitrogen and oxygen atoms in total. The number of imidazole rings is 1. The fraction of sp³-hybridized carbons (Fsp3) is 0.0833. The fourth-order valence-corrected chi connectivity index (χ4v) is 4.52. The first-order valence-electron chi connectivity index (χ1n) is 9.78. The summed E-state index contributed by atoms with van der Waals surface area (Å²) in [6, 6.07) is 22.7. The quantitative estimate of drug-likeness (QED) is 0.348. The van der Waals surface area contributed by atoms with Crippen molar-refractivity contribution in [1.29, 1.82) is 0 Å². The maximum absolute atomic E-state index is 13.5. The van der Waals surface area contributed by atoms with E-state index >= 15 is 0 Å². The number of hydrogen-bond donors (Lipinski definition) is 2. The molecule has 4 aromatic rings. The first-order chi connectivity index (χ1) is 15.0. The van der Waals surface area contributed by atoms with Gasteiger partial charge in [-0.2, -0.15) is 0 Å². The highest BCUT2D eigenvalue weighted by molar-refractivity contribution is 9.10. The van der Waals surface area contributed by atoms with Gasteiger partial charge in [0.2, 0.25) is 5.95 Å². The number of anilines is 2. The minimum atomic E-state index is -0.339. The zero-order valence-electron chi connectivity index (χ0n) is 16.6. The van der Waals surface area contributed by atoms with Crippen LogP contribution in [0.15, 0.2) is 88.5 Å². The van der Waals surface area contributed by atoms with Crippen LogP contribution in [-0.4, -0.2) is 15.5 Å². The number of hydrogen-bond acceptors (Lipinski definition) is 3. The van der Waals surface area contributed by atoms with Gasteiger partial charge in [-0.25, -0.2) is 4.98 Å². The number of carbonyl (C=O) groups is 1. The van der Waals surface area contributed by atoms with E-state index in [2.05, 4.69) is 31.1 Å². The molecule has 31 heavy (non-hydrogen) atoms. The highest BCUT2D eigenvalue weighted by Gasteiger charge is 2.34. The van der Waals surface area contributed by atoms with Crippen LogP contribution in [-0.2, 0) is 4.79 Å². The number of carbonyl (C=O) groups excluding carboxylic acids is 1. The molecule has 1 amide bonds. The van der Waals surface area contributed by atoms with Gasteiger partial charge in [-0.1, -0.05) is 51.8 Å². The molecule has 5 rings (SSSR count). The predicted molar refractivity (Wildman–Crippen MR) is 128 cm³/mol. The maximum atomic E-state index is 13.5. The summed E-state index contributed by atoms with van der Waals surface area (Å²) in [5.41, 5.74) is 4.89. The Bertz CT molecular complexity index is 1340. The van der Waals surface area contributed by atoms with Gasteiger partial charge in [0.1, 0.15) is 0 Å². The summed E-state index contributed by atoms with van der Waals surface area (Å²) in [5, 5.41) is 6.96. The predicted octanol–water partition coefficient (Wildman–Crippen LogP) is 6.38. The van der Waals surface area contributed by atoms with Crippen molar-refractivity contribution in [1.82, 2.24) is 9.55 Å². The Kier molecular flexibility index (Phi) is 5.04. The second-order valence-corrected chi connectivity index (χ2v) is 8.73. The first-order valence-corrected chi connectivity index (χ1v) is 11.0. The molecule has 3 aromatic carbocycles. The van der Waals surface area contributed by atoms with Crippen LogP contribution in [0.25, 0.3) is 11.0 Å². The summed E-state index contributed by atoms with van der Waals surface area (Å²) < 4.78 is 3.03. The van der Waals surface area contributed by atoms with Crippen molar-refractivity contribution < 1.29 is 4.79 Å². The van der Waals surface area contributed by atoms with Crippen LogP contribution in [0.4, 0.5) is 11.6 Å². The molecule has 154 valence electrons. The Morgan fingerprint density at radius 1 is 1.10 bits per heavy atom. The average Bonchev–Trinajstić information content (AvgIpc) is 3.12. The van der Waals surface area contributed by atoms with Crippen molar-refractivity contribution in [3.8, 4) is 0 Å². The van der Waals surface area contributed by atoms with Gasteiger partial charge in [-0.05, 0) is 61.0 Å². The summed E-state index contributed by atoms with van der Waals surface area (Å²) in [4.78, 5) is 18.3. The molecule has 0 saturated carbocycles. The molecule has 0 radical (unpaired) electrons. The number of benzene rings is 3. The van der Waals surface area contributed by atoms with Crippen LogP contribution in [0.2, 0.25) is 5.02 Å². The Morgan fingerprint density at radius 2 is 1.87 bits per heavy atom. The molecule has 0 spiro atoms. The Balaban J connectivity index is 1.66. The normalized spacial score (nSPS) is 15.5. The zero-order chi connectivity index (χ0) is 21.5. The highest BCUT2D eigenvalue weighted by atomic mass is 79.9. The first kappa shape index (κ1) is 19.8. The van der Waals surface area contributed by atoms with E-state index in [1.165, 1.54) is 0 Å². The van der Waals surface area contributed by atoms with E-state index in [0.717, 1.165) is 26.8 Å². The van der Waals surface area contributed by atoms with Gasteiger partial charge in [0.25, 0.3) is 5.91 Å². The number of fused-ring (bicyclic) bond motifs is 3. The van der Waals surface area contributed by atoms with Gasteiger partial charge in [-0.3, -0.25) is 9.36 Å². The maximum Gasteiger partial charge on any atom is 0.255 e. The monoisotopic (exact) mass is 492 g/mol. The molecule has 0 saturated heterocycles. The van der Waals surface area contributed by atoms with Gasteiger partial charge >= 0.3 is 0 Å². The van der Waals surface area contributed by atoms with E-state index in [-0.39, 0.29) is 11.9 Å². The van der Waals surface area contributed by atoms with Crippen LogP contribution in [0.3, 0.4) is 0 Å². The van der Waals surface area contributed by atoms with Gasteiger partial charge < -0.3 is 10.6 Å². The molecular formula is C24H18BrClN4O. The van der Waals surface area contributed by atoms with E-state index in [0.29, 0.717) is 22.2 Å². The van der Waals surface area contributed by atoms with E-state index in [4.69, 9.17) is 16.6 Å². The Hall–Kier alpha value is -3.09. The van der Waals surface area contributed by atoms with Crippen molar-refractivity contribution in [2.75, 3.05) is 10.6 Å². The summed E-state index contributed by atoms with van der Waals surface area (Å²) in [7, 11) is 0. The lowest BCUT2D eigenvalue weighted by Gasteiger charge is -2.31. The van der Waals surface area contributed by atoms with E-state index < -0.39 is 0 Å². The number of aromatic nitrogens is 2. The molecule has 1 aromatic heterocycles. The summed E-state index contributed by atoms with van der Waals surface area (Å²) in [5.74, 6) is 0.535. The lowest BCUT2D eigenvalue weighted by Crippen LogP contribution is -2.30. The van der Waals surface area contributed by atoms with Crippen molar-refractivity contribution in [2.45, 2.75) is 13.0 Å². The standard InChI is InChI=1S/C24H18BrClN4O/c1-14-21(23(31)28-18-11-9-17(26)10-12-18)22(15-5-4-6-16(25)13-15)30-20-8-3-2-7-19(20)29-24(30)27-14/h2-13,22H,1H3,(H,27,29)(H,28,31)/t22-/m0/s1. The van der Waals surface area contributed by atoms with E-state index in [1.807, 2.05) is 55.5 Å². The third kappa shape index (κ3) is 3.62. The Labute approximate surface area is 192 Å². The smallest absolute Gasteiger partial charge is 0.255 e. The molecule has 0 fully saturated rings. The SMILES string of the molecule is CC1=C(C(=O)Nc2ccc(Cl)cc2)[C@H](c2cccc(Br)c2)n2c(nc3ccccc32)N1. The Morgan fingerprint density at radius 3 is 2.65 bits per heavy atom.